The minimum Gasteiger partial charge on any atom is -0.353 e. The fraction of sp³-hybridized carbons (Fsp3) is 0.400. The first-order valence-electron chi connectivity index (χ1n) is 7.37. The molecule has 1 unspecified atom stereocenters. The van der Waals surface area contributed by atoms with Crippen molar-refractivity contribution in [2.75, 3.05) is 11.6 Å². The molecule has 0 aliphatic heterocycles. The summed E-state index contributed by atoms with van der Waals surface area (Å²) < 4.78 is 1.32. The van der Waals surface area contributed by atoms with Gasteiger partial charge >= 0.3 is 0 Å². The summed E-state index contributed by atoms with van der Waals surface area (Å²) in [7, 11) is 0. The second kappa shape index (κ2) is 8.09. The van der Waals surface area contributed by atoms with Crippen LogP contribution in [0.25, 0.3) is 11.4 Å². The first-order chi connectivity index (χ1) is 11.3. The molecule has 2 rings (SSSR count). The van der Waals surface area contributed by atoms with Crippen molar-refractivity contribution in [3.05, 3.63) is 28.2 Å². The lowest BCUT2D eigenvalue weighted by atomic mass is 10.1. The van der Waals surface area contributed by atoms with Crippen molar-refractivity contribution in [2.24, 2.45) is 5.92 Å². The van der Waals surface area contributed by atoms with Crippen LogP contribution in [-0.2, 0) is 4.79 Å². The summed E-state index contributed by atoms with van der Waals surface area (Å²) in [5.41, 5.74) is 0.626. The van der Waals surface area contributed by atoms with Crippen molar-refractivity contribution in [3.8, 4) is 11.4 Å². The van der Waals surface area contributed by atoms with Gasteiger partial charge in [0.15, 0.2) is 5.82 Å². The molecule has 0 fully saturated rings. The number of benzene rings is 1. The van der Waals surface area contributed by atoms with E-state index in [1.54, 1.807) is 18.2 Å². The summed E-state index contributed by atoms with van der Waals surface area (Å²) in [6.07, 6.45) is 0. The Morgan fingerprint density at radius 2 is 2.04 bits per heavy atom. The highest BCUT2D eigenvalue weighted by Crippen LogP contribution is 2.30. The number of nitrogens with one attached hydrogen (secondary N) is 1. The molecule has 0 aliphatic rings. The molecular formula is C15H19Cl2N5OS. The fourth-order valence-corrected chi connectivity index (χ4v) is 2.98. The molecule has 1 aromatic carbocycles. The van der Waals surface area contributed by atoms with E-state index in [-0.39, 0.29) is 17.7 Å². The maximum absolute atomic E-state index is 11.9. The van der Waals surface area contributed by atoms with Crippen LogP contribution in [0.15, 0.2) is 23.4 Å². The van der Waals surface area contributed by atoms with E-state index in [0.29, 0.717) is 32.5 Å². The van der Waals surface area contributed by atoms with Crippen LogP contribution in [0.1, 0.15) is 20.8 Å². The minimum atomic E-state index is -0.0738. The number of amides is 1. The van der Waals surface area contributed by atoms with Crippen molar-refractivity contribution in [2.45, 2.75) is 32.0 Å². The highest BCUT2D eigenvalue weighted by atomic mass is 35.5. The quantitative estimate of drug-likeness (QED) is 0.586. The van der Waals surface area contributed by atoms with Crippen LogP contribution >= 0.6 is 35.0 Å². The number of nitrogen functional groups attached to an aromatic ring is 1. The zero-order valence-electron chi connectivity index (χ0n) is 13.6. The summed E-state index contributed by atoms with van der Waals surface area (Å²) in [5, 5.41) is 12.4. The smallest absolute Gasteiger partial charge is 0.230 e. The van der Waals surface area contributed by atoms with Crippen LogP contribution in [0.5, 0.6) is 0 Å². The van der Waals surface area contributed by atoms with Gasteiger partial charge in [-0.2, -0.15) is 0 Å². The number of carbonyl (C=O) groups is 1. The van der Waals surface area contributed by atoms with E-state index < -0.39 is 0 Å². The normalized spacial score (nSPS) is 12.4. The summed E-state index contributed by atoms with van der Waals surface area (Å²) in [6, 6.07) is 5.15. The third kappa shape index (κ3) is 4.55. The van der Waals surface area contributed by atoms with E-state index in [0.717, 1.165) is 0 Å². The fourth-order valence-electron chi connectivity index (χ4n) is 1.82. The number of rotatable bonds is 6. The number of carbonyl (C=O) groups excluding carboxylic acids is 1. The summed E-state index contributed by atoms with van der Waals surface area (Å²) in [4.78, 5) is 11.9. The average molecular weight is 388 g/mol. The van der Waals surface area contributed by atoms with Crippen molar-refractivity contribution < 1.29 is 4.79 Å². The van der Waals surface area contributed by atoms with Crippen LogP contribution in [0.3, 0.4) is 0 Å². The van der Waals surface area contributed by atoms with E-state index in [2.05, 4.69) is 29.4 Å². The summed E-state index contributed by atoms with van der Waals surface area (Å²) in [5.74, 6) is 6.94. The van der Waals surface area contributed by atoms with E-state index in [1.807, 2.05) is 6.92 Å². The maximum atomic E-state index is 11.9. The van der Waals surface area contributed by atoms with Gasteiger partial charge in [0.25, 0.3) is 0 Å². The molecule has 2 aromatic rings. The van der Waals surface area contributed by atoms with Gasteiger partial charge in [-0.05, 0) is 31.0 Å². The maximum Gasteiger partial charge on any atom is 0.230 e. The molecule has 0 saturated carbocycles. The number of nitrogens with two attached hydrogens (primary N) is 1. The third-order valence-corrected chi connectivity index (χ3v) is 5.05. The molecule has 9 heteroatoms. The monoisotopic (exact) mass is 387 g/mol. The van der Waals surface area contributed by atoms with Crippen LogP contribution in [0.2, 0.25) is 10.0 Å². The highest BCUT2D eigenvalue weighted by molar-refractivity contribution is 7.99. The van der Waals surface area contributed by atoms with Crippen molar-refractivity contribution in [3.63, 3.8) is 0 Å². The first-order valence-corrected chi connectivity index (χ1v) is 9.11. The van der Waals surface area contributed by atoms with Gasteiger partial charge in [0, 0.05) is 16.6 Å². The number of thioether (sulfide) groups is 1. The Morgan fingerprint density at radius 1 is 1.33 bits per heavy atom. The molecule has 0 saturated heterocycles. The summed E-state index contributed by atoms with van der Waals surface area (Å²) in [6.45, 7) is 6.08. The van der Waals surface area contributed by atoms with E-state index in [1.165, 1.54) is 16.4 Å². The third-order valence-electron chi connectivity index (χ3n) is 3.56. The van der Waals surface area contributed by atoms with Crippen LogP contribution < -0.4 is 11.2 Å². The molecule has 24 heavy (non-hydrogen) atoms. The minimum absolute atomic E-state index is 0.0738. The van der Waals surface area contributed by atoms with Gasteiger partial charge in [-0.25, -0.2) is 4.68 Å². The van der Waals surface area contributed by atoms with E-state index >= 15 is 0 Å². The Hall–Kier alpha value is -1.44. The number of aromatic nitrogens is 3. The second-order valence-corrected chi connectivity index (χ2v) is 7.48. The first kappa shape index (κ1) is 18.9. The van der Waals surface area contributed by atoms with Gasteiger partial charge in [-0.3, -0.25) is 4.79 Å². The molecule has 0 aliphatic carbocycles. The molecule has 130 valence electrons. The molecule has 0 radical (unpaired) electrons. The van der Waals surface area contributed by atoms with Gasteiger partial charge in [-0.1, -0.05) is 48.8 Å². The van der Waals surface area contributed by atoms with Gasteiger partial charge in [-0.15, -0.1) is 10.2 Å². The molecular weight excluding hydrogens is 369 g/mol. The molecule has 1 atom stereocenters. The van der Waals surface area contributed by atoms with E-state index in [9.17, 15) is 4.79 Å². The van der Waals surface area contributed by atoms with Crippen molar-refractivity contribution in [1.29, 1.82) is 0 Å². The Morgan fingerprint density at radius 3 is 2.67 bits per heavy atom. The van der Waals surface area contributed by atoms with Gasteiger partial charge in [0.05, 0.1) is 10.8 Å². The highest BCUT2D eigenvalue weighted by Gasteiger charge is 2.17. The predicted molar refractivity (Wildman–Crippen MR) is 98.8 cm³/mol. The second-order valence-electron chi connectivity index (χ2n) is 5.69. The predicted octanol–water partition coefficient (Wildman–Crippen LogP) is 3.22. The van der Waals surface area contributed by atoms with Crippen LogP contribution in [-0.4, -0.2) is 32.6 Å². The molecule has 0 bridgehead atoms. The number of nitrogens with zero attached hydrogens (tertiary/aromatic N) is 3. The van der Waals surface area contributed by atoms with Gasteiger partial charge < -0.3 is 11.2 Å². The Labute approximate surface area is 155 Å². The Bertz CT molecular complexity index is 735. The van der Waals surface area contributed by atoms with Crippen LogP contribution in [0, 0.1) is 5.92 Å². The van der Waals surface area contributed by atoms with Gasteiger partial charge in [0.1, 0.15) is 0 Å². The summed E-state index contributed by atoms with van der Waals surface area (Å²) >= 11 is 13.3. The van der Waals surface area contributed by atoms with Crippen molar-refractivity contribution in [1.82, 2.24) is 20.2 Å². The number of hydrogen-bond acceptors (Lipinski definition) is 5. The zero-order valence-corrected chi connectivity index (χ0v) is 15.9. The largest absolute Gasteiger partial charge is 0.353 e. The lowest BCUT2D eigenvalue weighted by Gasteiger charge is -2.17. The van der Waals surface area contributed by atoms with Crippen molar-refractivity contribution >= 4 is 40.9 Å². The lowest BCUT2D eigenvalue weighted by molar-refractivity contribution is -0.119. The topological polar surface area (TPSA) is 85.8 Å². The molecule has 1 aromatic heterocycles. The van der Waals surface area contributed by atoms with Crippen LogP contribution in [0.4, 0.5) is 0 Å². The SMILES string of the molecule is CC(C)C(C)NC(=O)CSc1nnc(-c2ccc(Cl)cc2Cl)n1N. The average Bonchev–Trinajstić information content (AvgIpc) is 2.86. The molecule has 1 heterocycles. The Balaban J connectivity index is 2.06. The molecule has 1 amide bonds. The van der Waals surface area contributed by atoms with E-state index in [4.69, 9.17) is 29.0 Å². The Kier molecular flexibility index (Phi) is 6.37. The zero-order chi connectivity index (χ0) is 17.9. The molecule has 3 N–H and O–H groups in total. The molecule has 0 spiro atoms. The standard InChI is InChI=1S/C15H19Cl2N5OS/c1-8(2)9(3)19-13(23)7-24-15-21-20-14(22(15)18)11-5-4-10(16)6-12(11)17/h4-6,8-9H,7,18H2,1-3H3,(H,19,23). The number of halogens is 2. The molecule has 6 nitrogen and oxygen atoms in total. The van der Waals surface area contributed by atoms with Gasteiger partial charge in [0.2, 0.25) is 11.1 Å². The lowest BCUT2D eigenvalue weighted by Crippen LogP contribution is -2.37. The number of hydrogen-bond donors (Lipinski definition) is 2.